The van der Waals surface area contributed by atoms with E-state index in [-0.39, 0.29) is 21.3 Å². The van der Waals surface area contributed by atoms with E-state index in [2.05, 4.69) is 20.3 Å². The average Bonchev–Trinajstić information content (AvgIpc) is 2.93. The number of hydrogen-bond donors (Lipinski definition) is 3. The number of sulfonamides is 1. The first-order chi connectivity index (χ1) is 19.2. The summed E-state index contributed by atoms with van der Waals surface area (Å²) >= 11 is 5.56. The molecule has 2 aromatic carbocycles. The third kappa shape index (κ3) is 5.40. The van der Waals surface area contributed by atoms with E-state index in [1.165, 1.54) is 26.4 Å². The molecule has 7 rings (SSSR count). The number of piperidine rings is 1. The Morgan fingerprint density at radius 3 is 2.27 bits per heavy atom. The quantitative estimate of drug-likeness (QED) is 0.370. The monoisotopic (exact) mass is 582 g/mol. The zero-order valence-electron chi connectivity index (χ0n) is 22.9. The predicted molar refractivity (Wildman–Crippen MR) is 161 cm³/mol. The fourth-order valence-corrected chi connectivity index (χ4v) is 9.45. The van der Waals surface area contributed by atoms with Gasteiger partial charge in [0.25, 0.3) is 10.0 Å². The zero-order valence-corrected chi connectivity index (χ0v) is 24.6. The van der Waals surface area contributed by atoms with Gasteiger partial charge in [0, 0.05) is 18.8 Å². The van der Waals surface area contributed by atoms with E-state index in [4.69, 9.17) is 17.0 Å². The predicted octanol–water partition coefficient (Wildman–Crippen LogP) is 5.52. The van der Waals surface area contributed by atoms with Gasteiger partial charge < -0.3 is 20.3 Å². The Kier molecular flexibility index (Phi) is 7.41. The van der Waals surface area contributed by atoms with Gasteiger partial charge in [-0.25, -0.2) is 8.42 Å². The van der Waals surface area contributed by atoms with Gasteiger partial charge in [0.1, 0.15) is 10.6 Å². The second-order valence-corrected chi connectivity index (χ2v) is 14.2. The highest BCUT2D eigenvalue weighted by Crippen LogP contribution is 2.60. The molecule has 3 N–H and O–H groups in total. The summed E-state index contributed by atoms with van der Waals surface area (Å²) in [5.74, 6) is 2.42. The molecule has 5 aliphatic rings. The van der Waals surface area contributed by atoms with Crippen molar-refractivity contribution in [1.29, 1.82) is 0 Å². The van der Waals surface area contributed by atoms with Crippen molar-refractivity contribution in [1.82, 2.24) is 5.32 Å². The summed E-state index contributed by atoms with van der Waals surface area (Å²) in [6.45, 7) is 1.59. The third-order valence-corrected chi connectivity index (χ3v) is 10.9. The van der Waals surface area contributed by atoms with Gasteiger partial charge in [0.2, 0.25) is 5.91 Å². The molecule has 4 aliphatic carbocycles. The Balaban J connectivity index is 1.23. The summed E-state index contributed by atoms with van der Waals surface area (Å²) in [5.41, 5.74) is 1.21. The lowest BCUT2D eigenvalue weighted by atomic mass is 9.49. The molecular weight excluding hydrogens is 544 g/mol. The van der Waals surface area contributed by atoms with Crippen LogP contribution >= 0.6 is 12.2 Å². The maximum atomic E-state index is 13.8. The smallest absolute Gasteiger partial charge is 0.264 e. The number of methoxy groups -OCH3 is 1. The minimum Gasteiger partial charge on any atom is -0.495 e. The number of ether oxygens (including phenoxy) is 1. The molecule has 0 atom stereocenters. The van der Waals surface area contributed by atoms with Crippen molar-refractivity contribution in [3.05, 3.63) is 42.5 Å². The Morgan fingerprint density at radius 1 is 0.975 bits per heavy atom. The van der Waals surface area contributed by atoms with Crippen molar-refractivity contribution in [2.75, 3.05) is 35.1 Å². The maximum Gasteiger partial charge on any atom is 0.264 e. The summed E-state index contributed by atoms with van der Waals surface area (Å²) in [4.78, 5) is 15.8. The van der Waals surface area contributed by atoms with E-state index in [1.807, 2.05) is 12.1 Å². The summed E-state index contributed by atoms with van der Waals surface area (Å²) in [6.07, 6.45) is 9.81. The zero-order chi connectivity index (χ0) is 27.9. The molecule has 10 heteroatoms. The summed E-state index contributed by atoms with van der Waals surface area (Å²) in [6, 6.07) is 12.2. The van der Waals surface area contributed by atoms with Crippen LogP contribution in [0, 0.1) is 23.2 Å². The molecular formula is C30H38N4O4S2. The number of carbonyl (C=O) groups excluding carboxylic acids is 1. The summed E-state index contributed by atoms with van der Waals surface area (Å²) in [7, 11) is -2.47. The first-order valence-corrected chi connectivity index (χ1v) is 16.3. The van der Waals surface area contributed by atoms with Crippen molar-refractivity contribution in [2.45, 2.75) is 62.7 Å². The lowest BCUT2D eigenvalue weighted by molar-refractivity contribution is -0.144. The lowest BCUT2D eigenvalue weighted by Gasteiger charge is -2.55. The fraction of sp³-hybridized carbons (Fsp3) is 0.533. The van der Waals surface area contributed by atoms with Crippen LogP contribution < -0.4 is 25.0 Å². The Bertz CT molecular complexity index is 1370. The number of carbonyl (C=O) groups is 1. The Labute approximate surface area is 242 Å². The molecule has 1 heterocycles. The maximum absolute atomic E-state index is 13.8. The molecule has 1 aliphatic heterocycles. The first kappa shape index (κ1) is 27.3. The van der Waals surface area contributed by atoms with E-state index in [0.29, 0.717) is 40.6 Å². The van der Waals surface area contributed by atoms with Gasteiger partial charge in [-0.05, 0) is 118 Å². The molecule has 40 heavy (non-hydrogen) atoms. The first-order valence-electron chi connectivity index (χ1n) is 14.4. The highest BCUT2D eigenvalue weighted by atomic mass is 32.2. The lowest BCUT2D eigenvalue weighted by Crippen LogP contribution is -2.55. The number of benzene rings is 2. The number of nitrogens with zero attached hydrogens (tertiary/aromatic N) is 1. The van der Waals surface area contributed by atoms with Crippen molar-refractivity contribution >= 4 is 50.3 Å². The van der Waals surface area contributed by atoms with Gasteiger partial charge in [-0.3, -0.25) is 9.52 Å². The molecule has 2 aromatic rings. The van der Waals surface area contributed by atoms with Crippen LogP contribution in [-0.2, 0) is 14.8 Å². The van der Waals surface area contributed by atoms with Crippen LogP contribution in [0.5, 0.6) is 5.75 Å². The van der Waals surface area contributed by atoms with E-state index in [0.717, 1.165) is 51.6 Å². The fourth-order valence-electron chi connectivity index (χ4n) is 7.92. The second-order valence-electron chi connectivity index (χ2n) is 12.1. The molecule has 4 saturated carbocycles. The van der Waals surface area contributed by atoms with Crippen LogP contribution in [0.25, 0.3) is 0 Å². The third-order valence-electron chi connectivity index (χ3n) is 9.30. The van der Waals surface area contributed by atoms with Crippen LogP contribution in [0.4, 0.5) is 17.1 Å². The van der Waals surface area contributed by atoms with Gasteiger partial charge in [-0.15, -0.1) is 0 Å². The minimum absolute atomic E-state index is 0.0136. The molecule has 0 radical (unpaired) electrons. The van der Waals surface area contributed by atoms with Crippen LogP contribution in [0.2, 0.25) is 0 Å². The molecule has 1 amide bonds. The molecule has 0 aromatic heterocycles. The molecule has 4 bridgehead atoms. The Morgan fingerprint density at radius 2 is 1.62 bits per heavy atom. The van der Waals surface area contributed by atoms with Crippen LogP contribution in [0.1, 0.15) is 57.8 Å². The van der Waals surface area contributed by atoms with Crippen molar-refractivity contribution in [2.24, 2.45) is 23.2 Å². The highest BCUT2D eigenvalue weighted by Gasteiger charge is 2.54. The summed E-state index contributed by atoms with van der Waals surface area (Å²) < 4.78 is 35.6. The summed E-state index contributed by atoms with van der Waals surface area (Å²) in [5, 5.41) is 6.27. The standard InChI is InChI=1S/C30H38N4O4S2/c1-38-26-8-4-3-7-24(26)33-40(36,37)27-16-23(9-10-25(27)34-11-5-2-6-12-34)31-29(39)32-28(35)30-17-20-13-21(18-30)15-22(14-20)19-30/h3-4,7-10,16,20-22,33H,2,5-6,11-15,17-19H2,1H3,(H2,31,32,35,39). The number of rotatable bonds is 7. The van der Waals surface area contributed by atoms with E-state index in [1.54, 1.807) is 30.3 Å². The molecule has 0 spiro atoms. The van der Waals surface area contributed by atoms with Crippen molar-refractivity contribution < 1.29 is 17.9 Å². The average molecular weight is 583 g/mol. The molecule has 8 nitrogen and oxygen atoms in total. The van der Waals surface area contributed by atoms with Crippen LogP contribution in [0.3, 0.4) is 0 Å². The number of thiocarbonyl (C=S) groups is 1. The number of nitrogens with one attached hydrogen (secondary N) is 3. The van der Waals surface area contributed by atoms with Crippen molar-refractivity contribution in [3.8, 4) is 5.75 Å². The number of para-hydroxylation sites is 2. The highest BCUT2D eigenvalue weighted by molar-refractivity contribution is 7.93. The van der Waals surface area contributed by atoms with Crippen LogP contribution in [-0.4, -0.2) is 39.6 Å². The number of anilines is 3. The normalized spacial score (nSPS) is 27.2. The van der Waals surface area contributed by atoms with Gasteiger partial charge in [0.15, 0.2) is 5.11 Å². The molecule has 214 valence electrons. The Hall–Kier alpha value is -2.85. The van der Waals surface area contributed by atoms with E-state index in [9.17, 15) is 13.2 Å². The van der Waals surface area contributed by atoms with E-state index >= 15 is 0 Å². The van der Waals surface area contributed by atoms with Gasteiger partial charge in [-0.2, -0.15) is 0 Å². The van der Waals surface area contributed by atoms with Crippen molar-refractivity contribution in [3.63, 3.8) is 0 Å². The molecule has 5 fully saturated rings. The molecule has 1 saturated heterocycles. The minimum atomic E-state index is -3.98. The SMILES string of the molecule is COc1ccccc1NS(=O)(=O)c1cc(NC(=S)NC(=O)C23CC4CC(CC(C4)C2)C3)ccc1N1CCCCC1. The van der Waals surface area contributed by atoms with E-state index < -0.39 is 10.0 Å². The topological polar surface area (TPSA) is 99.8 Å². The number of hydrogen-bond acceptors (Lipinski definition) is 6. The second kappa shape index (κ2) is 10.9. The largest absolute Gasteiger partial charge is 0.495 e. The molecule has 0 unspecified atom stereocenters. The van der Waals surface area contributed by atoms with Gasteiger partial charge >= 0.3 is 0 Å². The number of amides is 1. The van der Waals surface area contributed by atoms with Crippen LogP contribution in [0.15, 0.2) is 47.4 Å². The van der Waals surface area contributed by atoms with Gasteiger partial charge in [-0.1, -0.05) is 12.1 Å². The van der Waals surface area contributed by atoms with Gasteiger partial charge in [0.05, 0.1) is 23.9 Å².